The molecule has 1 unspecified atom stereocenters. The van der Waals surface area contributed by atoms with Gasteiger partial charge in [0.25, 0.3) is 0 Å². The van der Waals surface area contributed by atoms with Crippen LogP contribution in [-0.4, -0.2) is 23.9 Å². The zero-order valence-electron chi connectivity index (χ0n) is 10.7. The van der Waals surface area contributed by atoms with E-state index in [2.05, 4.69) is 10.6 Å². The SMILES string of the molecule is C[C@H](N)C(=O)NC1CCc2ccccc2NC1=O.Cl. The van der Waals surface area contributed by atoms with E-state index in [1.165, 1.54) is 0 Å². The molecule has 0 saturated heterocycles. The molecule has 0 fully saturated rings. The first-order valence-electron chi connectivity index (χ1n) is 6.02. The van der Waals surface area contributed by atoms with Crippen molar-refractivity contribution in [2.24, 2.45) is 5.73 Å². The summed E-state index contributed by atoms with van der Waals surface area (Å²) in [6.45, 7) is 1.60. The first-order chi connectivity index (χ1) is 8.58. The minimum Gasteiger partial charge on any atom is -0.343 e. The zero-order chi connectivity index (χ0) is 13.1. The summed E-state index contributed by atoms with van der Waals surface area (Å²) in [4.78, 5) is 23.5. The van der Waals surface area contributed by atoms with Crippen LogP contribution in [0.1, 0.15) is 18.9 Å². The van der Waals surface area contributed by atoms with Gasteiger partial charge in [0, 0.05) is 5.69 Å². The Labute approximate surface area is 118 Å². The number of benzene rings is 1. The van der Waals surface area contributed by atoms with Crippen molar-refractivity contribution in [1.29, 1.82) is 0 Å². The molecule has 1 aliphatic rings. The number of carbonyl (C=O) groups excluding carboxylic acids is 2. The van der Waals surface area contributed by atoms with Crippen LogP contribution in [0.5, 0.6) is 0 Å². The molecule has 2 rings (SSSR count). The first kappa shape index (κ1) is 15.5. The van der Waals surface area contributed by atoms with E-state index in [0.717, 1.165) is 17.7 Å². The Hall–Kier alpha value is -1.59. The van der Waals surface area contributed by atoms with E-state index >= 15 is 0 Å². The van der Waals surface area contributed by atoms with E-state index in [0.29, 0.717) is 6.42 Å². The number of nitrogens with two attached hydrogens (primary N) is 1. The van der Waals surface area contributed by atoms with Crippen molar-refractivity contribution in [3.05, 3.63) is 29.8 Å². The van der Waals surface area contributed by atoms with Gasteiger partial charge in [-0.15, -0.1) is 12.4 Å². The van der Waals surface area contributed by atoms with Gasteiger partial charge < -0.3 is 16.4 Å². The van der Waals surface area contributed by atoms with Crippen LogP contribution in [0.4, 0.5) is 5.69 Å². The van der Waals surface area contributed by atoms with E-state index in [9.17, 15) is 9.59 Å². The highest BCUT2D eigenvalue weighted by molar-refractivity contribution is 5.98. The molecule has 1 aromatic carbocycles. The van der Waals surface area contributed by atoms with E-state index < -0.39 is 12.1 Å². The van der Waals surface area contributed by atoms with Gasteiger partial charge in [-0.1, -0.05) is 18.2 Å². The number of fused-ring (bicyclic) bond motifs is 1. The predicted octanol–water partition coefficient (Wildman–Crippen LogP) is 0.825. The summed E-state index contributed by atoms with van der Waals surface area (Å²) in [5, 5.41) is 5.49. The molecule has 1 aliphatic heterocycles. The highest BCUT2D eigenvalue weighted by Crippen LogP contribution is 2.21. The third kappa shape index (κ3) is 3.68. The lowest BCUT2D eigenvalue weighted by Gasteiger charge is -2.16. The third-order valence-corrected chi connectivity index (χ3v) is 3.02. The Morgan fingerprint density at radius 2 is 2.16 bits per heavy atom. The van der Waals surface area contributed by atoms with Crippen LogP contribution in [0.2, 0.25) is 0 Å². The molecule has 0 radical (unpaired) electrons. The maximum absolute atomic E-state index is 12.0. The molecule has 0 bridgehead atoms. The van der Waals surface area contributed by atoms with E-state index in [-0.39, 0.29) is 24.2 Å². The minimum absolute atomic E-state index is 0. The van der Waals surface area contributed by atoms with Crippen LogP contribution < -0.4 is 16.4 Å². The van der Waals surface area contributed by atoms with Crippen LogP contribution in [-0.2, 0) is 16.0 Å². The van der Waals surface area contributed by atoms with Crippen molar-refractivity contribution >= 4 is 29.9 Å². The second-order valence-corrected chi connectivity index (χ2v) is 4.53. The average molecular weight is 284 g/mol. The molecule has 2 amide bonds. The molecule has 1 aromatic rings. The molecule has 5 nitrogen and oxygen atoms in total. The summed E-state index contributed by atoms with van der Waals surface area (Å²) < 4.78 is 0. The number of nitrogens with one attached hydrogen (secondary N) is 2. The molecule has 0 saturated carbocycles. The highest BCUT2D eigenvalue weighted by Gasteiger charge is 2.25. The maximum atomic E-state index is 12.0. The van der Waals surface area contributed by atoms with Crippen LogP contribution in [0, 0.1) is 0 Å². The smallest absolute Gasteiger partial charge is 0.246 e. The van der Waals surface area contributed by atoms with Crippen LogP contribution in [0.15, 0.2) is 24.3 Å². The number of hydrogen-bond donors (Lipinski definition) is 3. The quantitative estimate of drug-likeness (QED) is 0.751. The lowest BCUT2D eigenvalue weighted by molar-refractivity contribution is -0.127. The molecular formula is C13H18ClN3O2. The van der Waals surface area contributed by atoms with Crippen molar-refractivity contribution in [1.82, 2.24) is 5.32 Å². The van der Waals surface area contributed by atoms with Crippen LogP contribution >= 0.6 is 12.4 Å². The molecule has 104 valence electrons. The molecule has 0 aliphatic carbocycles. The molecule has 1 heterocycles. The fourth-order valence-electron chi connectivity index (χ4n) is 1.95. The molecule has 0 spiro atoms. The van der Waals surface area contributed by atoms with Gasteiger partial charge in [-0.2, -0.15) is 0 Å². The lowest BCUT2D eigenvalue weighted by Crippen LogP contribution is -2.48. The number of hydrogen-bond acceptors (Lipinski definition) is 3. The molecule has 19 heavy (non-hydrogen) atoms. The first-order valence-corrected chi connectivity index (χ1v) is 6.02. The van der Waals surface area contributed by atoms with Gasteiger partial charge in [-0.25, -0.2) is 0 Å². The highest BCUT2D eigenvalue weighted by atomic mass is 35.5. The number of para-hydroxylation sites is 1. The van der Waals surface area contributed by atoms with Gasteiger partial charge >= 0.3 is 0 Å². The number of amides is 2. The summed E-state index contributed by atoms with van der Waals surface area (Å²) in [7, 11) is 0. The van der Waals surface area contributed by atoms with Crippen LogP contribution in [0.25, 0.3) is 0 Å². The fraction of sp³-hybridized carbons (Fsp3) is 0.385. The topological polar surface area (TPSA) is 84.2 Å². The number of carbonyl (C=O) groups is 2. The molecular weight excluding hydrogens is 266 g/mol. The Kier molecular flexibility index (Phi) is 5.32. The number of rotatable bonds is 2. The van der Waals surface area contributed by atoms with Crippen molar-refractivity contribution in [3.63, 3.8) is 0 Å². The van der Waals surface area contributed by atoms with Crippen molar-refractivity contribution in [3.8, 4) is 0 Å². The minimum atomic E-state index is -0.608. The zero-order valence-corrected chi connectivity index (χ0v) is 11.5. The Morgan fingerprint density at radius 3 is 2.84 bits per heavy atom. The summed E-state index contributed by atoms with van der Waals surface area (Å²) in [5.41, 5.74) is 7.38. The normalized spacial score (nSPS) is 19.3. The van der Waals surface area contributed by atoms with Gasteiger partial charge in [0.2, 0.25) is 11.8 Å². The third-order valence-electron chi connectivity index (χ3n) is 3.02. The van der Waals surface area contributed by atoms with Crippen molar-refractivity contribution < 1.29 is 9.59 Å². The van der Waals surface area contributed by atoms with E-state index in [4.69, 9.17) is 5.73 Å². The monoisotopic (exact) mass is 283 g/mol. The average Bonchev–Trinajstić information content (AvgIpc) is 2.49. The standard InChI is InChI=1S/C13H17N3O2.ClH/c1-8(14)12(17)16-11-7-6-9-4-2-3-5-10(9)15-13(11)18;/h2-5,8,11H,6-7,14H2,1H3,(H,15,18)(H,16,17);1H/t8-,11?;/m0./s1. The second kappa shape index (κ2) is 6.54. The van der Waals surface area contributed by atoms with Gasteiger partial charge in [-0.3, -0.25) is 9.59 Å². The van der Waals surface area contributed by atoms with Crippen molar-refractivity contribution in [2.45, 2.75) is 31.8 Å². The fourth-order valence-corrected chi connectivity index (χ4v) is 1.95. The van der Waals surface area contributed by atoms with Gasteiger partial charge in [0.1, 0.15) is 6.04 Å². The summed E-state index contributed by atoms with van der Waals surface area (Å²) >= 11 is 0. The molecule has 2 atom stereocenters. The van der Waals surface area contributed by atoms with Crippen LogP contribution in [0.3, 0.4) is 0 Å². The Bertz CT molecular complexity index is 477. The largest absolute Gasteiger partial charge is 0.343 e. The lowest BCUT2D eigenvalue weighted by atomic mass is 10.1. The molecule has 0 aromatic heterocycles. The summed E-state index contributed by atoms with van der Waals surface area (Å²) in [6, 6.07) is 6.53. The van der Waals surface area contributed by atoms with Gasteiger partial charge in [-0.05, 0) is 31.4 Å². The number of halogens is 1. The van der Waals surface area contributed by atoms with E-state index in [1.54, 1.807) is 6.92 Å². The van der Waals surface area contributed by atoms with Gasteiger partial charge in [0.05, 0.1) is 6.04 Å². The predicted molar refractivity (Wildman–Crippen MR) is 76.2 cm³/mol. The Morgan fingerprint density at radius 1 is 1.47 bits per heavy atom. The molecule has 6 heteroatoms. The molecule has 4 N–H and O–H groups in total. The number of anilines is 1. The van der Waals surface area contributed by atoms with Crippen molar-refractivity contribution in [2.75, 3.05) is 5.32 Å². The summed E-state index contributed by atoms with van der Waals surface area (Å²) in [5.74, 6) is -0.491. The maximum Gasteiger partial charge on any atom is 0.246 e. The summed E-state index contributed by atoms with van der Waals surface area (Å²) in [6.07, 6.45) is 1.33. The Balaban J connectivity index is 0.00000180. The van der Waals surface area contributed by atoms with E-state index in [1.807, 2.05) is 24.3 Å². The second-order valence-electron chi connectivity index (χ2n) is 4.53. The number of aryl methyl sites for hydroxylation is 1. The van der Waals surface area contributed by atoms with Gasteiger partial charge in [0.15, 0.2) is 0 Å².